The van der Waals surface area contributed by atoms with Crippen molar-refractivity contribution < 1.29 is 30.7 Å². The molecule has 4 nitrogen and oxygen atoms in total. The Bertz CT molecular complexity index is 1700. The molecule has 1 atom stereocenters. The Morgan fingerprint density at radius 3 is 2.12 bits per heavy atom. The highest BCUT2D eigenvalue weighted by Crippen LogP contribution is 2.40. The van der Waals surface area contributed by atoms with E-state index in [1.165, 1.54) is 26.2 Å². The van der Waals surface area contributed by atoms with Crippen molar-refractivity contribution in [1.82, 2.24) is 15.0 Å². The lowest BCUT2D eigenvalue weighted by atomic mass is 9.80. The van der Waals surface area contributed by atoms with Gasteiger partial charge >= 0.3 is 12.4 Å². The topological polar surface area (TPSA) is 53.6 Å². The van der Waals surface area contributed by atoms with Gasteiger partial charge in [0.1, 0.15) is 19.2 Å². The summed E-state index contributed by atoms with van der Waals surface area (Å²) in [6, 6.07) is 15.6. The number of rotatable bonds is 6. The molecule has 0 amide bonds. The molecule has 2 heterocycles. The van der Waals surface area contributed by atoms with E-state index in [9.17, 15) is 30.7 Å². The van der Waals surface area contributed by atoms with Gasteiger partial charge in [0.25, 0.3) is 0 Å². The molecule has 13 heteroatoms. The van der Waals surface area contributed by atoms with E-state index < -0.39 is 34.8 Å². The standard InChI is InChI=1S/C28H19BClF7N4/c29-21-11-18(28(35,36)37)12-22-24(21)40-25(39-22)41-26(13-15-4-2-1-3-5-15,23-7-6-19(30)14-38-23)16-8-17(27(32,33)34)10-20(31)9-16/h1-12,14H,13,29H2,(H2,39,40,41)/t26-/m1/s1. The number of alkyl halides is 6. The lowest BCUT2D eigenvalue weighted by molar-refractivity contribution is -0.138. The van der Waals surface area contributed by atoms with Gasteiger partial charge in [0, 0.05) is 12.6 Å². The minimum absolute atomic E-state index is 0.0486. The number of aromatic amines is 1. The fourth-order valence-electron chi connectivity index (χ4n) is 4.77. The van der Waals surface area contributed by atoms with Crippen LogP contribution in [0.2, 0.25) is 5.02 Å². The molecule has 210 valence electrons. The molecule has 41 heavy (non-hydrogen) atoms. The van der Waals surface area contributed by atoms with Crippen LogP contribution in [0.3, 0.4) is 0 Å². The molecule has 0 radical (unpaired) electrons. The first-order valence-electron chi connectivity index (χ1n) is 12.1. The van der Waals surface area contributed by atoms with E-state index >= 15 is 0 Å². The number of imidazole rings is 1. The molecule has 3 aromatic carbocycles. The number of H-pyrrole nitrogens is 1. The summed E-state index contributed by atoms with van der Waals surface area (Å²) < 4.78 is 96.7. The molecule has 0 bridgehead atoms. The number of hydrogen-bond acceptors (Lipinski definition) is 3. The molecule has 5 aromatic rings. The van der Waals surface area contributed by atoms with Crippen LogP contribution in [0, 0.1) is 5.82 Å². The van der Waals surface area contributed by atoms with Gasteiger partial charge in [0.05, 0.1) is 32.9 Å². The van der Waals surface area contributed by atoms with Crippen molar-refractivity contribution in [2.75, 3.05) is 5.32 Å². The van der Waals surface area contributed by atoms with Crippen molar-refractivity contribution in [2.45, 2.75) is 24.3 Å². The second-order valence-corrected chi connectivity index (χ2v) is 9.99. The second-order valence-electron chi connectivity index (χ2n) is 9.55. The zero-order valence-electron chi connectivity index (χ0n) is 21.1. The van der Waals surface area contributed by atoms with Crippen molar-refractivity contribution in [2.24, 2.45) is 0 Å². The van der Waals surface area contributed by atoms with Crippen molar-refractivity contribution in [3.05, 3.63) is 118 Å². The predicted molar refractivity (Wildman–Crippen MR) is 144 cm³/mol. The van der Waals surface area contributed by atoms with Crippen LogP contribution in [0.1, 0.15) is 27.9 Å². The van der Waals surface area contributed by atoms with Crippen LogP contribution in [0.25, 0.3) is 11.0 Å². The summed E-state index contributed by atoms with van der Waals surface area (Å²) in [6.07, 6.45) is -8.24. The van der Waals surface area contributed by atoms with Gasteiger partial charge in [-0.15, -0.1) is 0 Å². The van der Waals surface area contributed by atoms with E-state index in [2.05, 4.69) is 20.3 Å². The maximum absolute atomic E-state index is 14.8. The third kappa shape index (κ3) is 5.88. The maximum atomic E-state index is 14.8. The second kappa shape index (κ2) is 10.4. The van der Waals surface area contributed by atoms with Gasteiger partial charge < -0.3 is 10.3 Å². The molecular weight excluding hydrogens is 572 g/mol. The van der Waals surface area contributed by atoms with Gasteiger partial charge in [-0.1, -0.05) is 53.5 Å². The maximum Gasteiger partial charge on any atom is 0.416 e. The molecule has 0 unspecified atom stereocenters. The van der Waals surface area contributed by atoms with Crippen LogP contribution in [-0.4, -0.2) is 22.8 Å². The highest BCUT2D eigenvalue weighted by atomic mass is 35.5. The predicted octanol–water partition coefficient (Wildman–Crippen LogP) is 6.64. The highest BCUT2D eigenvalue weighted by Gasteiger charge is 2.40. The minimum Gasteiger partial charge on any atom is -0.340 e. The number of anilines is 1. The molecular formula is C28H19BClF7N4. The molecule has 0 aliphatic rings. The van der Waals surface area contributed by atoms with E-state index in [1.807, 2.05) is 0 Å². The summed E-state index contributed by atoms with van der Waals surface area (Å²) in [5.74, 6) is -1.20. The lowest BCUT2D eigenvalue weighted by Gasteiger charge is -2.36. The zero-order valence-corrected chi connectivity index (χ0v) is 21.9. The first kappa shape index (κ1) is 28.5. The van der Waals surface area contributed by atoms with Gasteiger partial charge in [-0.25, -0.2) is 9.37 Å². The fourth-order valence-corrected chi connectivity index (χ4v) is 4.88. The van der Waals surface area contributed by atoms with Crippen molar-refractivity contribution in [3.63, 3.8) is 0 Å². The molecule has 0 saturated carbocycles. The number of benzene rings is 3. The number of fused-ring (bicyclic) bond motifs is 1. The normalized spacial score (nSPS) is 13.8. The number of hydrogen-bond donors (Lipinski definition) is 2. The lowest BCUT2D eigenvalue weighted by Crippen LogP contribution is -2.40. The Kier molecular flexibility index (Phi) is 7.23. The first-order chi connectivity index (χ1) is 19.2. The molecule has 0 saturated heterocycles. The van der Waals surface area contributed by atoms with E-state index in [0.29, 0.717) is 11.6 Å². The van der Waals surface area contributed by atoms with Gasteiger partial charge in [0.2, 0.25) is 5.95 Å². The third-order valence-electron chi connectivity index (χ3n) is 6.63. The molecule has 2 N–H and O–H groups in total. The summed E-state index contributed by atoms with van der Waals surface area (Å²) in [5, 5.41) is 3.33. The fraction of sp³-hybridized carbons (Fsp3) is 0.143. The quantitative estimate of drug-likeness (QED) is 0.172. The Balaban J connectivity index is 1.77. The van der Waals surface area contributed by atoms with Crippen molar-refractivity contribution >= 4 is 41.9 Å². The Morgan fingerprint density at radius 1 is 0.829 bits per heavy atom. The average molecular weight is 591 g/mol. The summed E-state index contributed by atoms with van der Waals surface area (Å²) in [5.41, 5.74) is -2.66. The molecule has 5 rings (SSSR count). The summed E-state index contributed by atoms with van der Waals surface area (Å²) in [7, 11) is 1.46. The van der Waals surface area contributed by atoms with Gasteiger partial charge in [-0.05, 0) is 47.5 Å². The Morgan fingerprint density at radius 2 is 1.49 bits per heavy atom. The molecule has 0 aliphatic carbocycles. The van der Waals surface area contributed by atoms with Crippen LogP contribution in [0.15, 0.2) is 79.0 Å². The van der Waals surface area contributed by atoms with Gasteiger partial charge in [-0.2, -0.15) is 26.3 Å². The van der Waals surface area contributed by atoms with Crippen LogP contribution in [0.5, 0.6) is 0 Å². The number of aromatic nitrogens is 3. The largest absolute Gasteiger partial charge is 0.416 e. The molecule has 0 aliphatic heterocycles. The van der Waals surface area contributed by atoms with E-state index in [1.54, 1.807) is 30.3 Å². The first-order valence-corrected chi connectivity index (χ1v) is 12.5. The number of nitrogens with zero attached hydrogens (tertiary/aromatic N) is 2. The van der Waals surface area contributed by atoms with E-state index in [4.69, 9.17) is 11.6 Å². The number of nitrogens with one attached hydrogen (secondary N) is 2. The van der Waals surface area contributed by atoms with E-state index in [-0.39, 0.29) is 45.1 Å². The zero-order chi connectivity index (χ0) is 29.6. The van der Waals surface area contributed by atoms with Crippen LogP contribution < -0.4 is 10.8 Å². The summed E-state index contributed by atoms with van der Waals surface area (Å²) >= 11 is 6.06. The van der Waals surface area contributed by atoms with Crippen molar-refractivity contribution in [1.29, 1.82) is 0 Å². The smallest absolute Gasteiger partial charge is 0.340 e. The molecule has 0 spiro atoms. The minimum atomic E-state index is -4.87. The molecule has 2 aromatic heterocycles. The van der Waals surface area contributed by atoms with Crippen LogP contribution in [0.4, 0.5) is 36.7 Å². The SMILES string of the molecule is Bc1cc(C(F)(F)F)cc2[nH]c(N[C@](Cc3ccccc3)(c3cc(F)cc(C(F)(F)F)c3)c3ccc(Cl)cn3)nc12. The summed E-state index contributed by atoms with van der Waals surface area (Å²) in [4.78, 5) is 11.6. The van der Waals surface area contributed by atoms with Gasteiger partial charge in [-0.3, -0.25) is 4.98 Å². The number of pyridine rings is 1. The van der Waals surface area contributed by atoms with Crippen molar-refractivity contribution in [3.8, 4) is 0 Å². The Labute approximate surface area is 235 Å². The Hall–Kier alpha value is -4.06. The number of halogens is 8. The summed E-state index contributed by atoms with van der Waals surface area (Å²) in [6.45, 7) is 0. The third-order valence-corrected chi connectivity index (χ3v) is 6.85. The van der Waals surface area contributed by atoms with Gasteiger partial charge in [0.15, 0.2) is 0 Å². The highest BCUT2D eigenvalue weighted by molar-refractivity contribution is 6.38. The van der Waals surface area contributed by atoms with E-state index in [0.717, 1.165) is 24.3 Å². The van der Waals surface area contributed by atoms with Crippen LogP contribution in [-0.2, 0) is 24.3 Å². The van der Waals surface area contributed by atoms with Crippen LogP contribution >= 0.6 is 11.6 Å². The monoisotopic (exact) mass is 590 g/mol. The average Bonchev–Trinajstić information content (AvgIpc) is 3.31. The molecule has 0 fully saturated rings.